The first-order valence-corrected chi connectivity index (χ1v) is 16.1. The molecule has 0 atom stereocenters. The number of para-hydroxylation sites is 1. The van der Waals surface area contributed by atoms with Gasteiger partial charge >= 0.3 is 0 Å². The molecule has 0 saturated carbocycles. The van der Waals surface area contributed by atoms with Crippen LogP contribution in [0.3, 0.4) is 0 Å². The number of hydrogen-bond donors (Lipinski definition) is 0. The second-order valence-electron chi connectivity index (χ2n) is 12.1. The molecule has 8 aromatic carbocycles. The van der Waals surface area contributed by atoms with E-state index in [0.717, 1.165) is 38.6 Å². The van der Waals surface area contributed by atoms with Gasteiger partial charge in [0.25, 0.3) is 0 Å². The predicted molar refractivity (Wildman–Crippen MR) is 198 cm³/mol. The Balaban J connectivity index is 1.20. The van der Waals surface area contributed by atoms with Crippen LogP contribution in [0.4, 0.5) is 11.4 Å². The van der Waals surface area contributed by atoms with Gasteiger partial charge in [-0.15, -0.1) is 0 Å². The Morgan fingerprint density at radius 3 is 1.83 bits per heavy atom. The van der Waals surface area contributed by atoms with Crippen molar-refractivity contribution in [2.75, 3.05) is 4.90 Å². The first-order valence-electron chi connectivity index (χ1n) is 16.1. The SMILES string of the molecule is c1ccc(-c2ccc(N(Cc3ccccc3-c3cccc4c3oc3c5ccccc5ccc43)c3cccc4ccccc34)cc2)cc1. The largest absolute Gasteiger partial charge is 0.455 e. The highest BCUT2D eigenvalue weighted by Crippen LogP contribution is 2.41. The van der Waals surface area contributed by atoms with Crippen LogP contribution in [0.15, 0.2) is 180 Å². The quantitative estimate of drug-likeness (QED) is 0.188. The summed E-state index contributed by atoms with van der Waals surface area (Å²) >= 11 is 0. The summed E-state index contributed by atoms with van der Waals surface area (Å²) in [6, 6.07) is 62.9. The minimum absolute atomic E-state index is 0.689. The van der Waals surface area contributed by atoms with Gasteiger partial charge in [-0.05, 0) is 57.3 Å². The Hall–Kier alpha value is -6.12. The number of furan rings is 1. The minimum atomic E-state index is 0.689. The van der Waals surface area contributed by atoms with Crippen LogP contribution < -0.4 is 4.90 Å². The van der Waals surface area contributed by atoms with Crippen LogP contribution >= 0.6 is 0 Å². The standard InChI is InChI=1S/C45H31NO/c1-2-12-31(13-3-1)32-24-27-36(28-25-32)46(43-23-10-17-33-14-4-8-19-38(33)43)30-35-16-6-7-18-37(35)40-21-11-22-41-42-29-26-34-15-5-9-20-39(34)44(42)47-45(40)41/h1-29H,30H2. The van der Waals surface area contributed by atoms with E-state index in [1.165, 1.54) is 44.1 Å². The molecular formula is C45H31NO. The van der Waals surface area contributed by atoms with E-state index in [0.29, 0.717) is 6.54 Å². The van der Waals surface area contributed by atoms with Crippen molar-refractivity contribution in [3.05, 3.63) is 181 Å². The molecule has 9 aromatic rings. The molecule has 1 heterocycles. The van der Waals surface area contributed by atoms with Gasteiger partial charge in [-0.25, -0.2) is 0 Å². The van der Waals surface area contributed by atoms with Crippen LogP contribution in [-0.4, -0.2) is 0 Å². The normalized spacial score (nSPS) is 11.5. The fourth-order valence-electron chi connectivity index (χ4n) is 7.05. The van der Waals surface area contributed by atoms with Gasteiger partial charge in [-0.1, -0.05) is 152 Å². The van der Waals surface area contributed by atoms with E-state index in [1.807, 2.05) is 0 Å². The Kier molecular flexibility index (Phi) is 6.57. The third kappa shape index (κ3) is 4.74. The summed E-state index contributed by atoms with van der Waals surface area (Å²) in [6.45, 7) is 0.689. The van der Waals surface area contributed by atoms with Gasteiger partial charge in [0, 0.05) is 45.0 Å². The maximum absolute atomic E-state index is 6.78. The Bertz CT molecular complexity index is 2540. The van der Waals surface area contributed by atoms with Crippen molar-refractivity contribution in [2.24, 2.45) is 0 Å². The van der Waals surface area contributed by atoms with Gasteiger partial charge < -0.3 is 9.32 Å². The van der Waals surface area contributed by atoms with Crippen LogP contribution in [-0.2, 0) is 6.54 Å². The monoisotopic (exact) mass is 601 g/mol. The zero-order valence-electron chi connectivity index (χ0n) is 25.8. The molecular weight excluding hydrogens is 571 g/mol. The van der Waals surface area contributed by atoms with Crippen molar-refractivity contribution in [3.63, 3.8) is 0 Å². The molecule has 0 spiro atoms. The van der Waals surface area contributed by atoms with Crippen molar-refractivity contribution in [1.82, 2.24) is 0 Å². The zero-order chi connectivity index (χ0) is 31.2. The minimum Gasteiger partial charge on any atom is -0.455 e. The molecule has 0 aliphatic carbocycles. The maximum Gasteiger partial charge on any atom is 0.143 e. The third-order valence-corrected chi connectivity index (χ3v) is 9.37. The summed E-state index contributed by atoms with van der Waals surface area (Å²) in [7, 11) is 0. The van der Waals surface area contributed by atoms with Gasteiger partial charge in [-0.3, -0.25) is 0 Å². The molecule has 1 aromatic heterocycles. The van der Waals surface area contributed by atoms with Crippen LogP contribution in [0.1, 0.15) is 5.56 Å². The number of fused-ring (bicyclic) bond motifs is 6. The highest BCUT2D eigenvalue weighted by Gasteiger charge is 2.19. The van der Waals surface area contributed by atoms with Crippen molar-refractivity contribution < 1.29 is 4.42 Å². The fourth-order valence-corrected chi connectivity index (χ4v) is 7.05. The molecule has 0 aliphatic rings. The van der Waals surface area contributed by atoms with Crippen molar-refractivity contribution >= 4 is 54.9 Å². The van der Waals surface area contributed by atoms with Gasteiger partial charge in [-0.2, -0.15) is 0 Å². The Labute approximate surface area is 273 Å². The molecule has 0 amide bonds. The van der Waals surface area contributed by atoms with E-state index in [4.69, 9.17) is 4.42 Å². The van der Waals surface area contributed by atoms with Crippen LogP contribution in [0.25, 0.3) is 65.7 Å². The van der Waals surface area contributed by atoms with Crippen LogP contribution in [0.5, 0.6) is 0 Å². The van der Waals surface area contributed by atoms with E-state index < -0.39 is 0 Å². The average molecular weight is 602 g/mol. The fraction of sp³-hybridized carbons (Fsp3) is 0.0222. The van der Waals surface area contributed by atoms with Crippen LogP contribution in [0, 0.1) is 0 Å². The summed E-state index contributed by atoms with van der Waals surface area (Å²) in [4.78, 5) is 2.45. The number of nitrogens with zero attached hydrogens (tertiary/aromatic N) is 1. The molecule has 0 N–H and O–H groups in total. The third-order valence-electron chi connectivity index (χ3n) is 9.37. The highest BCUT2D eigenvalue weighted by atomic mass is 16.3. The molecule has 2 nitrogen and oxygen atoms in total. The molecule has 9 rings (SSSR count). The molecule has 0 saturated heterocycles. The number of anilines is 2. The zero-order valence-corrected chi connectivity index (χ0v) is 25.8. The summed E-state index contributed by atoms with van der Waals surface area (Å²) in [5.41, 5.74) is 10.1. The van der Waals surface area contributed by atoms with E-state index in [9.17, 15) is 0 Å². The summed E-state index contributed by atoms with van der Waals surface area (Å²) < 4.78 is 6.78. The summed E-state index contributed by atoms with van der Waals surface area (Å²) in [5, 5.41) is 7.07. The van der Waals surface area contributed by atoms with Gasteiger partial charge in [0.2, 0.25) is 0 Å². The maximum atomic E-state index is 6.78. The number of hydrogen-bond acceptors (Lipinski definition) is 2. The van der Waals surface area contributed by atoms with E-state index >= 15 is 0 Å². The number of rotatable bonds is 6. The predicted octanol–water partition coefficient (Wildman–Crippen LogP) is 12.6. The van der Waals surface area contributed by atoms with Crippen molar-refractivity contribution in [3.8, 4) is 22.3 Å². The molecule has 47 heavy (non-hydrogen) atoms. The molecule has 0 unspecified atom stereocenters. The topological polar surface area (TPSA) is 16.4 Å². The molecule has 0 bridgehead atoms. The summed E-state index contributed by atoms with van der Waals surface area (Å²) in [6.07, 6.45) is 0. The lowest BCUT2D eigenvalue weighted by Crippen LogP contribution is -2.17. The highest BCUT2D eigenvalue weighted by molar-refractivity contribution is 6.17. The van der Waals surface area contributed by atoms with Gasteiger partial charge in [0.05, 0.1) is 0 Å². The second-order valence-corrected chi connectivity index (χ2v) is 12.1. The number of benzene rings is 8. The van der Waals surface area contributed by atoms with E-state index in [1.54, 1.807) is 0 Å². The van der Waals surface area contributed by atoms with E-state index in [2.05, 4.69) is 181 Å². The first-order chi connectivity index (χ1) is 23.3. The lowest BCUT2D eigenvalue weighted by atomic mass is 9.96. The van der Waals surface area contributed by atoms with Gasteiger partial charge in [0.1, 0.15) is 11.2 Å². The molecule has 0 radical (unpaired) electrons. The molecule has 0 aliphatic heterocycles. The smallest absolute Gasteiger partial charge is 0.143 e. The van der Waals surface area contributed by atoms with Crippen molar-refractivity contribution in [2.45, 2.75) is 6.54 Å². The van der Waals surface area contributed by atoms with Gasteiger partial charge in [0.15, 0.2) is 0 Å². The Morgan fingerprint density at radius 2 is 0.979 bits per heavy atom. The summed E-state index contributed by atoms with van der Waals surface area (Å²) in [5.74, 6) is 0. The van der Waals surface area contributed by atoms with E-state index in [-0.39, 0.29) is 0 Å². The average Bonchev–Trinajstić information content (AvgIpc) is 3.54. The molecule has 0 fully saturated rings. The van der Waals surface area contributed by atoms with Crippen LogP contribution in [0.2, 0.25) is 0 Å². The van der Waals surface area contributed by atoms with Crippen molar-refractivity contribution in [1.29, 1.82) is 0 Å². The molecule has 2 heteroatoms. The molecule has 222 valence electrons. The first kappa shape index (κ1) is 27.2. The second kappa shape index (κ2) is 11.3. The lowest BCUT2D eigenvalue weighted by Gasteiger charge is -2.28. The lowest BCUT2D eigenvalue weighted by molar-refractivity contribution is 0.673. The Morgan fingerprint density at radius 1 is 0.383 bits per heavy atom.